The van der Waals surface area contributed by atoms with Crippen LogP contribution in [0.2, 0.25) is 0 Å². The van der Waals surface area contributed by atoms with Gasteiger partial charge in [-0.05, 0) is 31.5 Å². The van der Waals surface area contributed by atoms with Gasteiger partial charge in [-0.3, -0.25) is 9.59 Å². The molecule has 2 unspecified atom stereocenters. The smallest absolute Gasteiger partial charge is 0.270 e. The number of piperazine rings is 1. The third-order valence-electron chi connectivity index (χ3n) is 6.12. The average Bonchev–Trinajstić information content (AvgIpc) is 3.38. The summed E-state index contributed by atoms with van der Waals surface area (Å²) in [6, 6.07) is 10.4. The molecule has 1 aromatic carbocycles. The van der Waals surface area contributed by atoms with Gasteiger partial charge in [0.25, 0.3) is 5.91 Å². The fraction of sp³-hybridized carbons (Fsp3) is 0.409. The van der Waals surface area contributed by atoms with E-state index in [0.717, 1.165) is 29.3 Å². The molecule has 2 aromatic rings. The van der Waals surface area contributed by atoms with Gasteiger partial charge in [-0.1, -0.05) is 18.2 Å². The number of para-hydroxylation sites is 1. The summed E-state index contributed by atoms with van der Waals surface area (Å²) in [4.78, 5) is 30.1. The molecule has 0 aliphatic carbocycles. The number of nitrogens with zero attached hydrogens (tertiary/aromatic N) is 3. The second kappa shape index (κ2) is 7.74. The Morgan fingerprint density at radius 2 is 1.93 bits per heavy atom. The van der Waals surface area contributed by atoms with Crippen molar-refractivity contribution >= 4 is 46.2 Å². The minimum absolute atomic E-state index is 0.00203. The van der Waals surface area contributed by atoms with Crippen LogP contribution in [0.5, 0.6) is 0 Å². The van der Waals surface area contributed by atoms with Crippen molar-refractivity contribution in [2.75, 3.05) is 36.8 Å². The lowest BCUT2D eigenvalue weighted by Crippen LogP contribution is -2.51. The predicted molar refractivity (Wildman–Crippen MR) is 122 cm³/mol. The number of thiophene rings is 1. The fourth-order valence-electron chi connectivity index (χ4n) is 4.43. The number of carbonyl (C=O) groups is 2. The Labute approximate surface area is 184 Å². The van der Waals surface area contributed by atoms with Crippen LogP contribution >= 0.6 is 23.1 Å². The molecule has 1 amide bonds. The lowest BCUT2D eigenvalue weighted by atomic mass is 9.92. The van der Waals surface area contributed by atoms with Crippen LogP contribution in [0.3, 0.4) is 0 Å². The Hall–Kier alpha value is -2.32. The lowest BCUT2D eigenvalue weighted by Gasteiger charge is -2.37. The number of hydrazone groups is 1. The van der Waals surface area contributed by atoms with E-state index < -0.39 is 0 Å². The summed E-state index contributed by atoms with van der Waals surface area (Å²) in [5.74, 6) is 1.01. The number of hydrogen-bond donors (Lipinski definition) is 1. The predicted octanol–water partition coefficient (Wildman–Crippen LogP) is 3.33. The first kappa shape index (κ1) is 19.6. The Kier molecular flexibility index (Phi) is 5.06. The van der Waals surface area contributed by atoms with Gasteiger partial charge in [0.2, 0.25) is 0 Å². The van der Waals surface area contributed by atoms with Crippen LogP contribution in [-0.4, -0.2) is 54.2 Å². The molecule has 0 radical (unpaired) electrons. The Morgan fingerprint density at radius 1 is 1.17 bits per heavy atom. The SMILES string of the molecule is CC(=O)c1cc2c(s1)SCC1C(C(=O)N3CCN(c4ccccc4C)CC3)=NNC21. The number of hydrogen-bond acceptors (Lipinski definition) is 7. The summed E-state index contributed by atoms with van der Waals surface area (Å²) in [5, 5.41) is 4.47. The molecule has 4 heterocycles. The molecule has 6 nitrogen and oxygen atoms in total. The minimum Gasteiger partial charge on any atom is -0.368 e. The van der Waals surface area contributed by atoms with Gasteiger partial charge in [0.15, 0.2) is 5.78 Å². The summed E-state index contributed by atoms with van der Waals surface area (Å²) in [6.45, 7) is 6.80. The van der Waals surface area contributed by atoms with Crippen LogP contribution in [0.4, 0.5) is 5.69 Å². The summed E-state index contributed by atoms with van der Waals surface area (Å²) in [6.07, 6.45) is 0. The van der Waals surface area contributed by atoms with Gasteiger partial charge in [0.05, 0.1) is 15.1 Å². The number of amides is 1. The molecule has 3 aliphatic rings. The van der Waals surface area contributed by atoms with Crippen LogP contribution in [-0.2, 0) is 4.79 Å². The topological polar surface area (TPSA) is 65.0 Å². The zero-order valence-electron chi connectivity index (χ0n) is 17.1. The number of ketones is 1. The van der Waals surface area contributed by atoms with E-state index in [1.54, 1.807) is 30.0 Å². The molecule has 1 saturated heterocycles. The normalized spacial score (nSPS) is 22.8. The van der Waals surface area contributed by atoms with Crippen LogP contribution in [0.15, 0.2) is 39.6 Å². The van der Waals surface area contributed by atoms with Crippen molar-refractivity contribution in [3.05, 3.63) is 46.3 Å². The summed E-state index contributed by atoms with van der Waals surface area (Å²) >= 11 is 3.29. The number of carbonyl (C=O) groups excluding carboxylic acids is 2. The quantitative estimate of drug-likeness (QED) is 0.742. The van der Waals surface area contributed by atoms with E-state index in [2.05, 4.69) is 46.6 Å². The van der Waals surface area contributed by atoms with Crippen LogP contribution < -0.4 is 10.3 Å². The number of benzene rings is 1. The van der Waals surface area contributed by atoms with Crippen molar-refractivity contribution in [3.8, 4) is 0 Å². The number of rotatable bonds is 3. The van der Waals surface area contributed by atoms with Gasteiger partial charge in [-0.15, -0.1) is 23.1 Å². The molecule has 3 aliphatic heterocycles. The van der Waals surface area contributed by atoms with Gasteiger partial charge in [-0.25, -0.2) is 0 Å². The number of fused-ring (bicyclic) bond motifs is 3. The molecule has 0 bridgehead atoms. The molecule has 0 spiro atoms. The van der Waals surface area contributed by atoms with Crippen molar-refractivity contribution in [2.24, 2.45) is 11.0 Å². The van der Waals surface area contributed by atoms with E-state index in [1.165, 1.54) is 15.5 Å². The van der Waals surface area contributed by atoms with Crippen molar-refractivity contribution in [2.45, 2.75) is 24.1 Å². The molecule has 2 atom stereocenters. The number of thioether (sulfide) groups is 1. The van der Waals surface area contributed by atoms with Gasteiger partial charge in [-0.2, -0.15) is 5.10 Å². The zero-order valence-corrected chi connectivity index (χ0v) is 18.7. The lowest BCUT2D eigenvalue weighted by molar-refractivity contribution is -0.124. The van der Waals surface area contributed by atoms with Crippen LogP contribution in [0.1, 0.15) is 33.8 Å². The van der Waals surface area contributed by atoms with E-state index in [1.807, 2.05) is 11.0 Å². The fourth-order valence-corrected chi connectivity index (χ4v) is 7.00. The minimum atomic E-state index is -0.00203. The highest BCUT2D eigenvalue weighted by molar-refractivity contribution is 8.01. The first-order valence-electron chi connectivity index (χ1n) is 10.2. The second-order valence-corrected chi connectivity index (χ2v) is 10.3. The Morgan fingerprint density at radius 3 is 2.67 bits per heavy atom. The Bertz CT molecular complexity index is 1040. The molecule has 156 valence electrons. The van der Waals surface area contributed by atoms with E-state index in [9.17, 15) is 9.59 Å². The number of nitrogens with one attached hydrogen (secondary N) is 1. The third kappa shape index (κ3) is 3.32. The summed E-state index contributed by atoms with van der Waals surface area (Å²) in [7, 11) is 0. The summed E-state index contributed by atoms with van der Waals surface area (Å²) in [5.41, 5.74) is 7.46. The van der Waals surface area contributed by atoms with Gasteiger partial charge in [0.1, 0.15) is 5.71 Å². The highest BCUT2D eigenvalue weighted by Gasteiger charge is 2.43. The van der Waals surface area contributed by atoms with E-state index in [4.69, 9.17) is 0 Å². The van der Waals surface area contributed by atoms with Crippen molar-refractivity contribution in [1.29, 1.82) is 0 Å². The third-order valence-corrected chi connectivity index (χ3v) is 8.79. The van der Waals surface area contributed by atoms with E-state index >= 15 is 0 Å². The van der Waals surface area contributed by atoms with Crippen LogP contribution in [0, 0.1) is 12.8 Å². The molecule has 1 N–H and O–H groups in total. The Balaban J connectivity index is 1.27. The second-order valence-electron chi connectivity index (χ2n) is 8.00. The van der Waals surface area contributed by atoms with Gasteiger partial charge < -0.3 is 15.2 Å². The first-order valence-corrected chi connectivity index (χ1v) is 12.0. The van der Waals surface area contributed by atoms with Gasteiger partial charge in [0, 0.05) is 49.1 Å². The van der Waals surface area contributed by atoms with Crippen molar-refractivity contribution in [3.63, 3.8) is 0 Å². The molecular formula is C22H24N4O2S2. The van der Waals surface area contributed by atoms with Crippen molar-refractivity contribution in [1.82, 2.24) is 10.3 Å². The largest absolute Gasteiger partial charge is 0.368 e. The van der Waals surface area contributed by atoms with Gasteiger partial charge >= 0.3 is 0 Å². The maximum Gasteiger partial charge on any atom is 0.270 e. The molecular weight excluding hydrogens is 416 g/mol. The number of aryl methyl sites for hydroxylation is 1. The molecule has 1 aromatic heterocycles. The van der Waals surface area contributed by atoms with E-state index in [0.29, 0.717) is 18.8 Å². The summed E-state index contributed by atoms with van der Waals surface area (Å²) < 4.78 is 1.17. The average molecular weight is 441 g/mol. The maximum atomic E-state index is 13.3. The number of Topliss-reactive ketones (excluding diaryl/α,β-unsaturated/α-hetero) is 1. The first-order chi connectivity index (χ1) is 14.5. The molecule has 30 heavy (non-hydrogen) atoms. The standard InChI is InChI=1S/C22H24N4O2S2/c1-13-5-3-4-6-17(13)25-7-9-26(10-8-25)21(28)20-16-12-29-22-15(19(16)23-24-20)11-18(30-22)14(2)27/h3-6,11,16,19,23H,7-10,12H2,1-2H3. The molecule has 1 fully saturated rings. The van der Waals surface area contributed by atoms with Crippen LogP contribution in [0.25, 0.3) is 0 Å². The highest BCUT2D eigenvalue weighted by Crippen LogP contribution is 2.46. The van der Waals surface area contributed by atoms with Crippen molar-refractivity contribution < 1.29 is 9.59 Å². The maximum absolute atomic E-state index is 13.3. The highest BCUT2D eigenvalue weighted by atomic mass is 32.2. The van der Waals surface area contributed by atoms with E-state index in [-0.39, 0.29) is 23.7 Å². The number of anilines is 1. The zero-order chi connectivity index (χ0) is 20.8. The molecule has 8 heteroatoms. The molecule has 5 rings (SSSR count). The monoisotopic (exact) mass is 440 g/mol. The molecule has 0 saturated carbocycles.